The van der Waals surface area contributed by atoms with E-state index in [0.29, 0.717) is 0 Å². The Balaban J connectivity index is 2.70. The Bertz CT molecular complexity index is 377. The van der Waals surface area contributed by atoms with Crippen molar-refractivity contribution in [2.24, 2.45) is 5.41 Å². The first-order valence-corrected chi connectivity index (χ1v) is 6.42. The van der Waals surface area contributed by atoms with E-state index in [1.807, 2.05) is 6.33 Å². The van der Waals surface area contributed by atoms with Gasteiger partial charge in [-0.2, -0.15) is 0 Å². The minimum atomic E-state index is 0.0825. The van der Waals surface area contributed by atoms with Crippen LogP contribution in [0.4, 0.5) is 0 Å². The molecular weight excluding hydrogens is 402 g/mol. The van der Waals surface area contributed by atoms with Gasteiger partial charge in [-0.3, -0.25) is 0 Å². The summed E-state index contributed by atoms with van der Waals surface area (Å²) < 4.78 is 4.26. The Morgan fingerprint density at radius 2 is 2.07 bits per heavy atom. The van der Waals surface area contributed by atoms with Crippen molar-refractivity contribution in [3.8, 4) is 11.8 Å². The molecule has 1 aromatic rings. The molecular formula is C10H12I2N2. The number of nitrogens with zero attached hydrogens (tertiary/aromatic N) is 2. The largest absolute Gasteiger partial charge is 0.313 e. The Morgan fingerprint density at radius 1 is 1.43 bits per heavy atom. The average molecular weight is 414 g/mol. The van der Waals surface area contributed by atoms with Crippen LogP contribution >= 0.6 is 45.2 Å². The van der Waals surface area contributed by atoms with E-state index in [-0.39, 0.29) is 5.41 Å². The second-order valence-corrected chi connectivity index (χ2v) is 6.05. The van der Waals surface area contributed by atoms with Crippen molar-refractivity contribution >= 4 is 45.2 Å². The molecule has 0 atom stereocenters. The van der Waals surface area contributed by atoms with Gasteiger partial charge in [-0.25, -0.2) is 4.98 Å². The molecule has 0 aliphatic heterocycles. The molecule has 0 unspecified atom stereocenters. The predicted octanol–water partition coefficient (Wildman–Crippen LogP) is 3.14. The fraction of sp³-hybridized carbons (Fsp3) is 0.500. The van der Waals surface area contributed by atoms with Crippen molar-refractivity contribution in [2.75, 3.05) is 0 Å². The van der Waals surface area contributed by atoms with Gasteiger partial charge in [0.2, 0.25) is 0 Å². The van der Waals surface area contributed by atoms with Crippen LogP contribution in [0.5, 0.6) is 0 Å². The van der Waals surface area contributed by atoms with Crippen molar-refractivity contribution < 1.29 is 0 Å². The summed E-state index contributed by atoms with van der Waals surface area (Å²) in [4.78, 5) is 4.21. The summed E-state index contributed by atoms with van der Waals surface area (Å²) in [7, 11) is 0. The maximum Gasteiger partial charge on any atom is 0.133 e. The van der Waals surface area contributed by atoms with Crippen LogP contribution in [0.2, 0.25) is 0 Å². The second kappa shape index (κ2) is 4.84. The van der Waals surface area contributed by atoms with Crippen molar-refractivity contribution in [2.45, 2.75) is 27.3 Å². The molecule has 0 radical (unpaired) electrons. The Labute approximate surface area is 112 Å². The normalized spacial score (nSPS) is 10.9. The summed E-state index contributed by atoms with van der Waals surface area (Å²) in [6.45, 7) is 7.07. The van der Waals surface area contributed by atoms with Crippen LogP contribution in [0.3, 0.4) is 0 Å². The van der Waals surface area contributed by atoms with Gasteiger partial charge in [0, 0.05) is 5.41 Å². The van der Waals surface area contributed by atoms with Crippen LogP contribution in [0.1, 0.15) is 20.8 Å². The van der Waals surface area contributed by atoms with Gasteiger partial charge in [0.05, 0.1) is 12.9 Å². The number of hydrogen-bond donors (Lipinski definition) is 0. The van der Waals surface area contributed by atoms with Gasteiger partial charge in [0.1, 0.15) is 7.40 Å². The van der Waals surface area contributed by atoms with Crippen LogP contribution in [0.15, 0.2) is 6.33 Å². The Hall–Kier alpha value is 0.230. The van der Waals surface area contributed by atoms with Gasteiger partial charge in [-0.15, -0.1) is 0 Å². The lowest BCUT2D eigenvalue weighted by Crippen LogP contribution is -2.02. The molecule has 1 aromatic heterocycles. The quantitative estimate of drug-likeness (QED) is 0.511. The van der Waals surface area contributed by atoms with E-state index in [9.17, 15) is 0 Å². The summed E-state index contributed by atoms with van der Waals surface area (Å²) in [6.07, 6.45) is 1.83. The fourth-order valence-electron chi connectivity index (χ4n) is 0.843. The summed E-state index contributed by atoms with van der Waals surface area (Å²) in [5.74, 6) is 6.36. The SMILES string of the molecule is CC(C)(C)C#CCn1cnc(I)c1I. The lowest BCUT2D eigenvalue weighted by Gasteiger charge is -2.07. The average Bonchev–Trinajstić information content (AvgIpc) is 2.33. The van der Waals surface area contributed by atoms with E-state index in [4.69, 9.17) is 0 Å². The van der Waals surface area contributed by atoms with Gasteiger partial charge < -0.3 is 4.57 Å². The molecule has 0 fully saturated rings. The topological polar surface area (TPSA) is 17.8 Å². The smallest absolute Gasteiger partial charge is 0.133 e. The van der Waals surface area contributed by atoms with Crippen LogP contribution < -0.4 is 0 Å². The molecule has 0 bridgehead atoms. The molecule has 14 heavy (non-hydrogen) atoms. The number of aromatic nitrogens is 2. The molecule has 0 amide bonds. The summed E-state index contributed by atoms with van der Waals surface area (Å²) in [5, 5.41) is 0. The maximum absolute atomic E-state index is 4.21. The second-order valence-electron chi connectivity index (χ2n) is 4.01. The number of hydrogen-bond acceptors (Lipinski definition) is 1. The first-order chi connectivity index (χ1) is 6.40. The standard InChI is InChI=1S/C10H12I2N2/c1-10(2,3)5-4-6-14-7-13-8(11)9(14)12/h7H,6H2,1-3H3. The molecule has 2 nitrogen and oxygen atoms in total. The lowest BCUT2D eigenvalue weighted by molar-refractivity contribution is 0.569. The van der Waals surface area contributed by atoms with Crippen LogP contribution in [0.25, 0.3) is 0 Å². The summed E-state index contributed by atoms with van der Waals surface area (Å²) in [6, 6.07) is 0. The van der Waals surface area contributed by atoms with E-state index in [0.717, 1.165) is 13.9 Å². The zero-order chi connectivity index (χ0) is 10.8. The highest BCUT2D eigenvalue weighted by Crippen LogP contribution is 2.13. The lowest BCUT2D eigenvalue weighted by atomic mass is 9.98. The van der Waals surface area contributed by atoms with E-state index in [1.165, 1.54) is 0 Å². The zero-order valence-corrected chi connectivity index (χ0v) is 12.7. The van der Waals surface area contributed by atoms with Gasteiger partial charge in [0.15, 0.2) is 0 Å². The number of halogens is 2. The molecule has 76 valence electrons. The van der Waals surface area contributed by atoms with Gasteiger partial charge in [-0.1, -0.05) is 11.8 Å². The van der Waals surface area contributed by atoms with Crippen molar-refractivity contribution in [1.29, 1.82) is 0 Å². The predicted molar refractivity (Wildman–Crippen MR) is 74.9 cm³/mol. The minimum Gasteiger partial charge on any atom is -0.313 e. The monoisotopic (exact) mass is 414 g/mol. The third-order valence-electron chi connectivity index (χ3n) is 1.45. The van der Waals surface area contributed by atoms with Crippen molar-refractivity contribution in [3.05, 3.63) is 13.7 Å². The van der Waals surface area contributed by atoms with E-state index < -0.39 is 0 Å². The molecule has 0 saturated heterocycles. The fourth-order valence-corrected chi connectivity index (χ4v) is 1.71. The van der Waals surface area contributed by atoms with Crippen LogP contribution in [-0.2, 0) is 6.54 Å². The number of imidazole rings is 1. The maximum atomic E-state index is 4.21. The third-order valence-corrected chi connectivity index (χ3v) is 4.40. The zero-order valence-electron chi connectivity index (χ0n) is 8.43. The molecule has 0 aliphatic carbocycles. The first-order valence-electron chi connectivity index (χ1n) is 4.26. The van der Waals surface area contributed by atoms with E-state index in [1.54, 1.807) is 0 Å². The number of rotatable bonds is 1. The molecule has 1 rings (SSSR count). The molecule has 0 saturated carbocycles. The molecule has 0 N–H and O–H groups in total. The highest BCUT2D eigenvalue weighted by atomic mass is 127. The Kier molecular flexibility index (Phi) is 4.25. The van der Waals surface area contributed by atoms with Crippen LogP contribution in [-0.4, -0.2) is 9.55 Å². The van der Waals surface area contributed by atoms with Gasteiger partial charge >= 0.3 is 0 Å². The molecule has 0 aromatic carbocycles. The van der Waals surface area contributed by atoms with Crippen molar-refractivity contribution in [3.63, 3.8) is 0 Å². The molecule has 0 spiro atoms. The third kappa shape index (κ3) is 3.77. The van der Waals surface area contributed by atoms with Crippen molar-refractivity contribution in [1.82, 2.24) is 9.55 Å². The van der Waals surface area contributed by atoms with E-state index in [2.05, 4.69) is 87.3 Å². The highest BCUT2D eigenvalue weighted by molar-refractivity contribution is 14.1. The summed E-state index contributed by atoms with van der Waals surface area (Å²) in [5.41, 5.74) is 0.0825. The Morgan fingerprint density at radius 3 is 2.50 bits per heavy atom. The van der Waals surface area contributed by atoms with Gasteiger partial charge in [-0.05, 0) is 66.0 Å². The molecule has 1 heterocycles. The first kappa shape index (κ1) is 12.3. The molecule has 0 aliphatic rings. The van der Waals surface area contributed by atoms with Crippen LogP contribution in [0, 0.1) is 24.7 Å². The minimum absolute atomic E-state index is 0.0825. The summed E-state index contributed by atoms with van der Waals surface area (Å²) >= 11 is 4.51. The highest BCUT2D eigenvalue weighted by Gasteiger charge is 2.05. The van der Waals surface area contributed by atoms with E-state index >= 15 is 0 Å². The molecule has 4 heteroatoms. The van der Waals surface area contributed by atoms with Gasteiger partial charge in [0.25, 0.3) is 0 Å².